The van der Waals surface area contributed by atoms with Crippen LogP contribution in [0.1, 0.15) is 58.0 Å². The third-order valence-corrected chi connectivity index (χ3v) is 6.07. The average Bonchev–Trinajstić information content (AvgIpc) is 3.47. The molecule has 1 aliphatic rings. The first kappa shape index (κ1) is 23.2. The van der Waals surface area contributed by atoms with Crippen molar-refractivity contribution in [2.45, 2.75) is 38.3 Å². The number of anilines is 1. The van der Waals surface area contributed by atoms with Crippen LogP contribution in [0.5, 0.6) is 5.75 Å². The van der Waals surface area contributed by atoms with E-state index in [2.05, 4.69) is 10.4 Å². The molecule has 8 nitrogen and oxygen atoms in total. The molecule has 0 bridgehead atoms. The summed E-state index contributed by atoms with van der Waals surface area (Å²) in [6.45, 7) is -0.263. The molecule has 1 aliphatic carbocycles. The maximum absolute atomic E-state index is 15.1. The number of methoxy groups -OCH3 is 1. The van der Waals surface area contributed by atoms with Gasteiger partial charge in [0, 0.05) is 17.7 Å². The Labute approximate surface area is 194 Å². The van der Waals surface area contributed by atoms with E-state index in [1.54, 1.807) is 24.3 Å². The monoisotopic (exact) mass is 469 g/mol. The number of nitrogens with zero attached hydrogens (tertiary/aromatic N) is 2. The number of hydrogen-bond donors (Lipinski definition) is 3. The van der Waals surface area contributed by atoms with Gasteiger partial charge in [0.05, 0.1) is 18.7 Å². The van der Waals surface area contributed by atoms with Gasteiger partial charge in [-0.25, -0.2) is 13.5 Å². The first-order valence-corrected chi connectivity index (χ1v) is 10.9. The number of para-hydroxylation sites is 1. The fraction of sp³-hybridized carbons (Fsp3) is 0.292. The Balaban J connectivity index is 1.63. The number of aromatic nitrogens is 2. The molecule has 178 valence electrons. The predicted molar refractivity (Wildman–Crippen MR) is 122 cm³/mol. The topological polar surface area (TPSA) is 125 Å². The van der Waals surface area contributed by atoms with Gasteiger partial charge in [0.1, 0.15) is 22.8 Å². The number of ether oxygens (including phenoxy) is 1. The highest BCUT2D eigenvalue weighted by atomic mass is 19.2. The zero-order valence-electron chi connectivity index (χ0n) is 18.6. The normalized spacial score (nSPS) is 13.7. The van der Waals surface area contributed by atoms with Crippen molar-refractivity contribution in [3.8, 4) is 17.0 Å². The number of amides is 2. The van der Waals surface area contributed by atoms with Crippen molar-refractivity contribution in [1.29, 1.82) is 0 Å². The number of nitrogen functional groups attached to an aromatic ring is 1. The summed E-state index contributed by atoms with van der Waals surface area (Å²) in [5, 5.41) is 6.91. The summed E-state index contributed by atoms with van der Waals surface area (Å²) in [6, 6.07) is 9.16. The van der Waals surface area contributed by atoms with Gasteiger partial charge in [-0.15, -0.1) is 0 Å². The summed E-state index contributed by atoms with van der Waals surface area (Å²) < 4.78 is 36.7. The molecule has 4 rings (SSSR count). The lowest BCUT2D eigenvalue weighted by Gasteiger charge is -2.12. The Hall–Kier alpha value is -3.95. The second kappa shape index (κ2) is 9.50. The lowest BCUT2D eigenvalue weighted by Crippen LogP contribution is -2.24. The fourth-order valence-corrected chi connectivity index (χ4v) is 4.32. The van der Waals surface area contributed by atoms with Crippen molar-refractivity contribution in [3.05, 3.63) is 64.7 Å². The van der Waals surface area contributed by atoms with E-state index in [0.717, 1.165) is 25.7 Å². The van der Waals surface area contributed by atoms with E-state index >= 15 is 4.39 Å². The molecule has 3 aromatic rings. The third kappa shape index (κ3) is 4.18. The van der Waals surface area contributed by atoms with Crippen LogP contribution >= 0.6 is 0 Å². The molecule has 1 saturated carbocycles. The number of carbonyl (C=O) groups excluding carboxylic acids is 2. The van der Waals surface area contributed by atoms with Gasteiger partial charge in [-0.1, -0.05) is 31.0 Å². The minimum Gasteiger partial charge on any atom is -0.496 e. The highest BCUT2D eigenvalue weighted by molar-refractivity contribution is 6.03. The van der Waals surface area contributed by atoms with E-state index in [-0.39, 0.29) is 46.4 Å². The van der Waals surface area contributed by atoms with Gasteiger partial charge in [-0.2, -0.15) is 5.10 Å². The summed E-state index contributed by atoms with van der Waals surface area (Å²) in [4.78, 5) is 24.6. The number of primary amides is 1. The molecular formula is C24H25F2N5O3. The summed E-state index contributed by atoms with van der Waals surface area (Å²) in [5.41, 5.74) is 11.3. The van der Waals surface area contributed by atoms with Crippen LogP contribution in [0.3, 0.4) is 0 Å². The molecule has 0 spiro atoms. The largest absolute Gasteiger partial charge is 0.496 e. The van der Waals surface area contributed by atoms with Gasteiger partial charge in [-0.05, 0) is 31.0 Å². The smallest absolute Gasteiger partial charge is 0.255 e. The van der Waals surface area contributed by atoms with Crippen LogP contribution in [-0.4, -0.2) is 28.7 Å². The quantitative estimate of drug-likeness (QED) is 0.488. The number of halogens is 2. The number of benzene rings is 2. The van der Waals surface area contributed by atoms with Crippen LogP contribution in [0.2, 0.25) is 0 Å². The number of nitrogens with two attached hydrogens (primary N) is 2. The minimum atomic E-state index is -1.21. The second-order valence-corrected chi connectivity index (χ2v) is 8.14. The minimum absolute atomic E-state index is 0.0239. The van der Waals surface area contributed by atoms with E-state index in [1.807, 2.05) is 0 Å². The molecule has 0 atom stereocenters. The Morgan fingerprint density at radius 3 is 2.53 bits per heavy atom. The van der Waals surface area contributed by atoms with Crippen LogP contribution in [0.4, 0.5) is 14.6 Å². The third-order valence-electron chi connectivity index (χ3n) is 6.07. The van der Waals surface area contributed by atoms with Gasteiger partial charge >= 0.3 is 0 Å². The number of hydrogen-bond acceptors (Lipinski definition) is 5. The highest BCUT2D eigenvalue weighted by Crippen LogP contribution is 2.36. The molecule has 2 amide bonds. The molecule has 1 aromatic heterocycles. The van der Waals surface area contributed by atoms with Crippen LogP contribution in [0.15, 0.2) is 36.4 Å². The molecular weight excluding hydrogens is 444 g/mol. The van der Waals surface area contributed by atoms with E-state index in [1.165, 1.54) is 23.9 Å². The molecule has 1 fully saturated rings. The number of rotatable bonds is 7. The molecule has 5 N–H and O–H groups in total. The van der Waals surface area contributed by atoms with Gasteiger partial charge < -0.3 is 21.5 Å². The average molecular weight is 469 g/mol. The van der Waals surface area contributed by atoms with Gasteiger partial charge in [0.2, 0.25) is 0 Å². The maximum atomic E-state index is 15.1. The first-order chi connectivity index (χ1) is 16.3. The summed E-state index contributed by atoms with van der Waals surface area (Å²) in [5.74, 6) is -3.34. The molecule has 0 radical (unpaired) electrons. The second-order valence-electron chi connectivity index (χ2n) is 8.14. The molecule has 0 unspecified atom stereocenters. The van der Waals surface area contributed by atoms with Crippen molar-refractivity contribution in [2.24, 2.45) is 5.73 Å². The van der Waals surface area contributed by atoms with E-state index in [4.69, 9.17) is 16.2 Å². The van der Waals surface area contributed by atoms with Crippen LogP contribution in [0.25, 0.3) is 11.3 Å². The summed E-state index contributed by atoms with van der Waals surface area (Å²) >= 11 is 0. The van der Waals surface area contributed by atoms with Crippen LogP contribution in [-0.2, 0) is 6.54 Å². The Morgan fingerprint density at radius 1 is 1.15 bits per heavy atom. The summed E-state index contributed by atoms with van der Waals surface area (Å²) in [6.07, 6.45) is 3.63. The standard InChI is InChI=1S/C24H25F2N5O3/c1-34-17-9-5-4-8-15(17)24(33)29-12-13-10-11-16(20(26)19(13)25)21-18(23(28)32)22(27)31(30-21)14-6-2-3-7-14/h4-5,8-11,14H,2-3,6-7,12,27H2,1H3,(H2,28,32)(H,29,33). The molecule has 2 aromatic carbocycles. The maximum Gasteiger partial charge on any atom is 0.255 e. The number of nitrogens with one attached hydrogen (secondary N) is 1. The van der Waals surface area contributed by atoms with Crippen molar-refractivity contribution < 1.29 is 23.1 Å². The van der Waals surface area contributed by atoms with E-state index in [0.29, 0.717) is 5.75 Å². The van der Waals surface area contributed by atoms with Crippen molar-refractivity contribution in [2.75, 3.05) is 12.8 Å². The SMILES string of the molecule is COc1ccccc1C(=O)NCc1ccc(-c2nn(C3CCCC3)c(N)c2C(N)=O)c(F)c1F. The first-order valence-electron chi connectivity index (χ1n) is 10.9. The zero-order valence-corrected chi connectivity index (χ0v) is 18.6. The predicted octanol–water partition coefficient (Wildman–Crippen LogP) is 3.56. The zero-order chi connectivity index (χ0) is 24.4. The molecule has 34 heavy (non-hydrogen) atoms. The Morgan fingerprint density at radius 2 is 1.85 bits per heavy atom. The van der Waals surface area contributed by atoms with Gasteiger partial charge in [0.25, 0.3) is 11.8 Å². The van der Waals surface area contributed by atoms with Gasteiger partial charge in [-0.3, -0.25) is 9.59 Å². The van der Waals surface area contributed by atoms with Gasteiger partial charge in [0.15, 0.2) is 11.6 Å². The lowest BCUT2D eigenvalue weighted by molar-refractivity contribution is 0.0946. The van der Waals surface area contributed by atoms with E-state index in [9.17, 15) is 14.0 Å². The van der Waals surface area contributed by atoms with Crippen LogP contribution < -0.4 is 21.5 Å². The fourth-order valence-electron chi connectivity index (χ4n) is 4.32. The molecule has 0 aliphatic heterocycles. The van der Waals surface area contributed by atoms with Crippen molar-refractivity contribution in [1.82, 2.24) is 15.1 Å². The van der Waals surface area contributed by atoms with Crippen LogP contribution in [0, 0.1) is 11.6 Å². The lowest BCUT2D eigenvalue weighted by atomic mass is 10.0. The molecule has 1 heterocycles. The Bertz CT molecular complexity index is 1250. The molecule has 0 saturated heterocycles. The Kier molecular flexibility index (Phi) is 6.49. The van der Waals surface area contributed by atoms with E-state index < -0.39 is 23.4 Å². The number of carbonyl (C=O) groups is 2. The molecule has 10 heteroatoms. The van der Waals surface area contributed by atoms with Crippen molar-refractivity contribution >= 4 is 17.6 Å². The highest BCUT2D eigenvalue weighted by Gasteiger charge is 2.29. The summed E-state index contributed by atoms with van der Waals surface area (Å²) in [7, 11) is 1.43. The van der Waals surface area contributed by atoms with Crippen molar-refractivity contribution in [3.63, 3.8) is 0 Å².